The Morgan fingerprint density at radius 3 is 2.21 bits per heavy atom. The number of nitrogens with one attached hydrogen (secondary N) is 3. The lowest BCUT2D eigenvalue weighted by atomic mass is 10.1. The van der Waals surface area contributed by atoms with Crippen LogP contribution in [0.3, 0.4) is 0 Å². The van der Waals surface area contributed by atoms with E-state index < -0.39 is 26.0 Å². The topological polar surface area (TPSA) is 131 Å². The van der Waals surface area contributed by atoms with E-state index >= 15 is 0 Å². The third-order valence-electron chi connectivity index (χ3n) is 5.34. The SMILES string of the molecule is COc1ccc(NS(=O)(=O)c2ccc(C)c(NC(=O)c3ccccc3NS(=O)(=O)c3ccc(Cl)s3)c2)cc1. The zero-order valence-corrected chi connectivity index (χ0v) is 23.3. The Morgan fingerprint density at radius 2 is 1.55 bits per heavy atom. The van der Waals surface area contributed by atoms with Gasteiger partial charge in [-0.2, -0.15) is 0 Å². The lowest BCUT2D eigenvalue weighted by molar-refractivity contribution is 0.102. The first-order valence-electron chi connectivity index (χ1n) is 10.9. The molecule has 1 aromatic heterocycles. The van der Waals surface area contributed by atoms with E-state index in [2.05, 4.69) is 14.8 Å². The van der Waals surface area contributed by atoms with Crippen LogP contribution in [0.25, 0.3) is 0 Å². The maximum absolute atomic E-state index is 13.2. The third-order valence-corrected chi connectivity index (χ3v) is 9.81. The van der Waals surface area contributed by atoms with E-state index in [-0.39, 0.29) is 26.0 Å². The highest BCUT2D eigenvalue weighted by Gasteiger charge is 2.22. The number of carbonyl (C=O) groups excluding carboxylic acids is 1. The number of hydrogen-bond donors (Lipinski definition) is 3. The number of para-hydroxylation sites is 1. The second kappa shape index (κ2) is 11.0. The lowest BCUT2D eigenvalue weighted by Gasteiger charge is -2.15. The van der Waals surface area contributed by atoms with Gasteiger partial charge in [-0.15, -0.1) is 11.3 Å². The maximum Gasteiger partial charge on any atom is 0.271 e. The first-order chi connectivity index (χ1) is 18.0. The summed E-state index contributed by atoms with van der Waals surface area (Å²) in [5, 5.41) is 2.69. The van der Waals surface area contributed by atoms with Gasteiger partial charge in [0, 0.05) is 11.4 Å². The Labute approximate surface area is 229 Å². The van der Waals surface area contributed by atoms with Gasteiger partial charge in [-0.25, -0.2) is 16.8 Å². The molecule has 3 aromatic carbocycles. The van der Waals surface area contributed by atoms with Crippen LogP contribution in [0.15, 0.2) is 88.0 Å². The number of anilines is 3. The van der Waals surface area contributed by atoms with Crippen LogP contribution in [-0.4, -0.2) is 29.9 Å². The molecule has 0 unspecified atom stereocenters. The van der Waals surface area contributed by atoms with Gasteiger partial charge in [-0.3, -0.25) is 14.2 Å². The van der Waals surface area contributed by atoms with Gasteiger partial charge in [0.1, 0.15) is 9.96 Å². The van der Waals surface area contributed by atoms with Gasteiger partial charge in [-0.05, 0) is 73.2 Å². The summed E-state index contributed by atoms with van der Waals surface area (Å²) in [5.74, 6) is -0.0525. The number of amides is 1. The summed E-state index contributed by atoms with van der Waals surface area (Å²) < 4.78 is 61.8. The average molecular weight is 592 g/mol. The number of benzene rings is 3. The molecule has 0 saturated carbocycles. The van der Waals surface area contributed by atoms with E-state index in [9.17, 15) is 21.6 Å². The Kier molecular flexibility index (Phi) is 7.97. The van der Waals surface area contributed by atoms with Crippen molar-refractivity contribution in [3.8, 4) is 5.75 Å². The molecule has 1 heterocycles. The quantitative estimate of drug-likeness (QED) is 0.233. The molecule has 4 rings (SSSR count). The van der Waals surface area contributed by atoms with Crippen molar-refractivity contribution in [2.24, 2.45) is 0 Å². The number of aryl methyl sites for hydroxylation is 1. The summed E-state index contributed by atoms with van der Waals surface area (Å²) in [4.78, 5) is 13.1. The molecule has 3 N–H and O–H groups in total. The van der Waals surface area contributed by atoms with E-state index in [1.54, 1.807) is 49.4 Å². The summed E-state index contributed by atoms with van der Waals surface area (Å²) in [6, 6.07) is 19.6. The van der Waals surface area contributed by atoms with Gasteiger partial charge in [-0.1, -0.05) is 29.8 Å². The fourth-order valence-corrected chi connectivity index (χ4v) is 7.02. The van der Waals surface area contributed by atoms with Gasteiger partial charge in [0.2, 0.25) is 0 Å². The van der Waals surface area contributed by atoms with Gasteiger partial charge < -0.3 is 10.1 Å². The van der Waals surface area contributed by atoms with Gasteiger partial charge >= 0.3 is 0 Å². The van der Waals surface area contributed by atoms with Gasteiger partial charge in [0.25, 0.3) is 26.0 Å². The van der Waals surface area contributed by atoms with Gasteiger partial charge in [0.05, 0.1) is 27.6 Å². The number of carbonyl (C=O) groups is 1. The van der Waals surface area contributed by atoms with Crippen molar-refractivity contribution < 1.29 is 26.4 Å². The molecule has 38 heavy (non-hydrogen) atoms. The Morgan fingerprint density at radius 1 is 0.842 bits per heavy atom. The molecule has 0 atom stereocenters. The molecule has 9 nitrogen and oxygen atoms in total. The molecule has 0 saturated heterocycles. The van der Waals surface area contributed by atoms with Crippen LogP contribution >= 0.6 is 22.9 Å². The van der Waals surface area contributed by atoms with Crippen LogP contribution in [0.5, 0.6) is 5.75 Å². The molecule has 0 radical (unpaired) electrons. The highest BCUT2D eigenvalue weighted by atomic mass is 35.5. The average Bonchev–Trinajstić information content (AvgIpc) is 3.33. The molecule has 198 valence electrons. The Balaban J connectivity index is 1.57. The summed E-state index contributed by atoms with van der Waals surface area (Å²) >= 11 is 6.75. The molecular formula is C25H22ClN3O6S3. The van der Waals surface area contributed by atoms with Crippen LogP contribution in [-0.2, 0) is 20.0 Å². The first-order valence-corrected chi connectivity index (χ1v) is 15.1. The fraction of sp³-hybridized carbons (Fsp3) is 0.0800. The minimum atomic E-state index is -3.98. The van der Waals surface area contributed by atoms with Crippen molar-refractivity contribution in [2.75, 3.05) is 21.9 Å². The van der Waals surface area contributed by atoms with Crippen LogP contribution in [0.4, 0.5) is 17.1 Å². The van der Waals surface area contributed by atoms with E-state index in [1.807, 2.05) is 0 Å². The molecule has 0 fully saturated rings. The summed E-state index contributed by atoms with van der Waals surface area (Å²) in [6.07, 6.45) is 0. The number of rotatable bonds is 9. The number of hydrogen-bond acceptors (Lipinski definition) is 7. The lowest BCUT2D eigenvalue weighted by Crippen LogP contribution is -2.19. The standard InChI is InChI=1S/C25H22ClN3O6S3/c1-16-7-12-19(37(31,32)28-17-8-10-18(35-2)11-9-17)15-22(16)27-25(30)20-5-3-4-6-21(20)29-38(33,34)24-14-13-23(26)36-24/h3-15,28-29H,1-2H3,(H,27,30). The molecule has 13 heteroatoms. The number of ether oxygens (including phenoxy) is 1. The highest BCUT2D eigenvalue weighted by molar-refractivity contribution is 7.94. The summed E-state index contributed by atoms with van der Waals surface area (Å²) in [6.45, 7) is 1.71. The van der Waals surface area contributed by atoms with Crippen LogP contribution in [0, 0.1) is 6.92 Å². The maximum atomic E-state index is 13.2. The molecule has 0 aliphatic rings. The molecule has 0 bridgehead atoms. The van der Waals surface area contributed by atoms with Crippen molar-refractivity contribution in [2.45, 2.75) is 16.0 Å². The summed E-state index contributed by atoms with van der Waals surface area (Å²) in [5.41, 5.74) is 1.29. The Hall–Kier alpha value is -3.58. The Bertz CT molecular complexity index is 1700. The minimum absolute atomic E-state index is 0.00387. The van der Waals surface area contributed by atoms with Crippen LogP contribution in [0.2, 0.25) is 4.34 Å². The fourth-order valence-electron chi connectivity index (χ4n) is 3.37. The van der Waals surface area contributed by atoms with Gasteiger partial charge in [0.15, 0.2) is 0 Å². The number of thiophene rings is 1. The van der Waals surface area contributed by atoms with Crippen molar-refractivity contribution in [3.05, 3.63) is 94.3 Å². The van der Waals surface area contributed by atoms with Crippen molar-refractivity contribution >= 4 is 66.0 Å². The second-order valence-electron chi connectivity index (χ2n) is 7.97. The smallest absolute Gasteiger partial charge is 0.271 e. The van der Waals surface area contributed by atoms with E-state index in [0.717, 1.165) is 11.3 Å². The summed E-state index contributed by atoms with van der Waals surface area (Å²) in [7, 11) is -6.45. The normalized spacial score (nSPS) is 11.6. The number of methoxy groups -OCH3 is 1. The van der Waals surface area contributed by atoms with E-state index in [4.69, 9.17) is 16.3 Å². The molecule has 0 aliphatic heterocycles. The predicted octanol–water partition coefficient (Wildman–Crippen LogP) is 5.57. The predicted molar refractivity (Wildman–Crippen MR) is 150 cm³/mol. The molecule has 0 spiro atoms. The number of halogens is 1. The van der Waals surface area contributed by atoms with Crippen molar-refractivity contribution in [3.63, 3.8) is 0 Å². The van der Waals surface area contributed by atoms with Crippen LogP contribution in [0.1, 0.15) is 15.9 Å². The largest absolute Gasteiger partial charge is 0.497 e. The second-order valence-corrected chi connectivity index (χ2v) is 13.3. The van der Waals surface area contributed by atoms with Crippen molar-refractivity contribution in [1.82, 2.24) is 0 Å². The molecular weight excluding hydrogens is 570 g/mol. The van der Waals surface area contributed by atoms with E-state index in [0.29, 0.717) is 21.3 Å². The third kappa shape index (κ3) is 6.27. The monoisotopic (exact) mass is 591 g/mol. The molecule has 4 aromatic rings. The van der Waals surface area contributed by atoms with Crippen molar-refractivity contribution in [1.29, 1.82) is 0 Å². The zero-order chi connectivity index (χ0) is 27.5. The first kappa shape index (κ1) is 27.5. The number of sulfonamides is 2. The van der Waals surface area contributed by atoms with E-state index in [1.165, 1.54) is 43.5 Å². The zero-order valence-electron chi connectivity index (χ0n) is 20.1. The molecule has 0 aliphatic carbocycles. The highest BCUT2D eigenvalue weighted by Crippen LogP contribution is 2.29. The van der Waals surface area contributed by atoms with Crippen LogP contribution < -0.4 is 19.5 Å². The minimum Gasteiger partial charge on any atom is -0.497 e. The molecule has 1 amide bonds.